The molecule has 3 aromatic heterocycles. The van der Waals surface area contributed by atoms with Crippen LogP contribution < -0.4 is 5.56 Å². The van der Waals surface area contributed by atoms with Crippen LogP contribution in [0.4, 0.5) is 0 Å². The van der Waals surface area contributed by atoms with Crippen LogP contribution in [0.3, 0.4) is 0 Å². The van der Waals surface area contributed by atoms with Gasteiger partial charge < -0.3 is 0 Å². The molecule has 0 unspecified atom stereocenters. The number of fused-ring (bicyclic) bond motifs is 5. The summed E-state index contributed by atoms with van der Waals surface area (Å²) in [6.07, 6.45) is 4.14. The van der Waals surface area contributed by atoms with Crippen molar-refractivity contribution in [2.24, 2.45) is 0 Å². The molecule has 35 heavy (non-hydrogen) atoms. The lowest BCUT2D eigenvalue weighted by Gasteiger charge is -2.12. The minimum atomic E-state index is -0.0503. The summed E-state index contributed by atoms with van der Waals surface area (Å²) in [4.78, 5) is 28.9. The van der Waals surface area contributed by atoms with Crippen LogP contribution in [-0.4, -0.2) is 30.7 Å². The van der Waals surface area contributed by atoms with Crippen LogP contribution in [0.15, 0.2) is 63.0 Å². The average Bonchev–Trinajstić information content (AvgIpc) is 3.46. The topological polar surface area (TPSA) is 69.3 Å². The standard InChI is InChI=1S/C26H21BrN4O2S2/c1-15-6-12-18(13-7-15)30-23(33)22-19-4-2-3-5-21(19)35-24(22)31-25(30)28-29-26(31)34-14-20(32)16-8-10-17(27)11-9-16/h6-13H,2-5,14H2,1H3. The molecule has 0 spiro atoms. The first-order valence-electron chi connectivity index (χ1n) is 11.4. The maximum atomic E-state index is 13.9. The van der Waals surface area contributed by atoms with Crippen LogP contribution in [0.2, 0.25) is 0 Å². The van der Waals surface area contributed by atoms with E-state index < -0.39 is 0 Å². The first-order valence-corrected chi connectivity index (χ1v) is 14.0. The van der Waals surface area contributed by atoms with Crippen LogP contribution in [-0.2, 0) is 12.8 Å². The molecule has 1 aliphatic carbocycles. The summed E-state index contributed by atoms with van der Waals surface area (Å²) >= 11 is 6.43. The highest BCUT2D eigenvalue weighted by Gasteiger charge is 2.25. The monoisotopic (exact) mass is 564 g/mol. The van der Waals surface area contributed by atoms with Gasteiger partial charge >= 0.3 is 0 Å². The zero-order valence-corrected chi connectivity index (χ0v) is 22.2. The number of nitrogens with zero attached hydrogens (tertiary/aromatic N) is 4. The third kappa shape index (κ3) is 3.95. The molecule has 6 nitrogen and oxygen atoms in total. The number of aromatic nitrogens is 4. The Labute approximate surface area is 218 Å². The fourth-order valence-electron chi connectivity index (χ4n) is 4.59. The average molecular weight is 566 g/mol. The fourth-order valence-corrected chi connectivity index (χ4v) is 7.11. The van der Waals surface area contributed by atoms with Crippen LogP contribution in [0.25, 0.3) is 21.7 Å². The highest BCUT2D eigenvalue weighted by Crippen LogP contribution is 2.36. The van der Waals surface area contributed by atoms with Gasteiger partial charge in [0.25, 0.3) is 5.56 Å². The number of benzene rings is 2. The Morgan fingerprint density at radius 3 is 2.57 bits per heavy atom. The van der Waals surface area contributed by atoms with Gasteiger partial charge in [0.15, 0.2) is 10.9 Å². The molecule has 0 amide bonds. The molecule has 0 atom stereocenters. The normalized spacial score (nSPS) is 13.4. The van der Waals surface area contributed by atoms with Crippen molar-refractivity contribution in [2.75, 3.05) is 5.75 Å². The summed E-state index contributed by atoms with van der Waals surface area (Å²) in [6.45, 7) is 2.02. The van der Waals surface area contributed by atoms with Gasteiger partial charge in [-0.2, -0.15) is 0 Å². The van der Waals surface area contributed by atoms with E-state index in [1.165, 1.54) is 22.2 Å². The van der Waals surface area contributed by atoms with Gasteiger partial charge in [-0.3, -0.25) is 9.59 Å². The number of Topliss-reactive ketones (excluding diaryl/α,β-unsaturated/α-hetero) is 1. The van der Waals surface area contributed by atoms with E-state index in [1.807, 2.05) is 59.9 Å². The summed E-state index contributed by atoms with van der Waals surface area (Å²) in [5, 5.41) is 10.3. The predicted molar refractivity (Wildman–Crippen MR) is 145 cm³/mol. The summed E-state index contributed by atoms with van der Waals surface area (Å²) in [5.41, 5.74) is 3.65. The predicted octanol–water partition coefficient (Wildman–Crippen LogP) is 6.02. The summed E-state index contributed by atoms with van der Waals surface area (Å²) in [6, 6.07) is 15.2. The van der Waals surface area contributed by atoms with E-state index in [2.05, 4.69) is 26.1 Å². The van der Waals surface area contributed by atoms with Gasteiger partial charge in [0.05, 0.1) is 16.8 Å². The number of ketones is 1. The molecule has 0 bridgehead atoms. The minimum absolute atomic E-state index is 0.0211. The molecule has 176 valence electrons. The fraction of sp³-hybridized carbons (Fsp3) is 0.231. The first kappa shape index (κ1) is 22.7. The number of carbonyl (C=O) groups is 1. The second-order valence-corrected chi connectivity index (χ2v) is 11.6. The highest BCUT2D eigenvalue weighted by atomic mass is 79.9. The quantitative estimate of drug-likeness (QED) is 0.193. The number of hydrogen-bond donors (Lipinski definition) is 0. The molecule has 2 aromatic carbocycles. The number of rotatable bonds is 5. The molecule has 1 aliphatic rings. The van der Waals surface area contributed by atoms with E-state index in [9.17, 15) is 9.59 Å². The van der Waals surface area contributed by atoms with Crippen molar-refractivity contribution in [3.05, 3.63) is 84.9 Å². The molecule has 0 fully saturated rings. The molecule has 3 heterocycles. The number of halogens is 1. The minimum Gasteiger partial charge on any atom is -0.293 e. The van der Waals surface area contributed by atoms with Crippen LogP contribution >= 0.6 is 39.0 Å². The summed E-state index contributed by atoms with van der Waals surface area (Å²) in [5.74, 6) is 0.731. The summed E-state index contributed by atoms with van der Waals surface area (Å²) in [7, 11) is 0. The molecular formula is C26H21BrN4O2S2. The molecule has 0 saturated carbocycles. The van der Waals surface area contributed by atoms with Gasteiger partial charge in [-0.05, 0) is 62.4 Å². The van der Waals surface area contributed by atoms with Gasteiger partial charge in [0, 0.05) is 14.9 Å². The maximum absolute atomic E-state index is 13.9. The number of hydrogen-bond acceptors (Lipinski definition) is 6. The molecule has 0 radical (unpaired) electrons. The van der Waals surface area contributed by atoms with E-state index in [-0.39, 0.29) is 17.1 Å². The summed E-state index contributed by atoms with van der Waals surface area (Å²) < 4.78 is 4.57. The SMILES string of the molecule is Cc1ccc(-n2c(=O)c3c4c(sc3n3c(SCC(=O)c5ccc(Br)cc5)nnc23)CCCC4)cc1. The smallest absolute Gasteiger partial charge is 0.268 e. The van der Waals surface area contributed by atoms with Crippen molar-refractivity contribution in [1.82, 2.24) is 19.2 Å². The Balaban J connectivity index is 1.51. The molecule has 0 N–H and O–H groups in total. The van der Waals surface area contributed by atoms with Crippen molar-refractivity contribution in [3.8, 4) is 5.69 Å². The van der Waals surface area contributed by atoms with E-state index in [1.54, 1.807) is 15.9 Å². The molecule has 5 aromatic rings. The van der Waals surface area contributed by atoms with Gasteiger partial charge in [0.2, 0.25) is 5.78 Å². The molecule has 9 heteroatoms. The van der Waals surface area contributed by atoms with E-state index in [0.29, 0.717) is 16.5 Å². The molecule has 6 rings (SSSR count). The lowest BCUT2D eigenvalue weighted by atomic mass is 9.97. The lowest BCUT2D eigenvalue weighted by Crippen LogP contribution is -2.22. The van der Waals surface area contributed by atoms with Crippen molar-refractivity contribution in [3.63, 3.8) is 0 Å². The van der Waals surface area contributed by atoms with Crippen molar-refractivity contribution >= 4 is 60.8 Å². The van der Waals surface area contributed by atoms with Gasteiger partial charge in [-0.25, -0.2) is 8.97 Å². The maximum Gasteiger partial charge on any atom is 0.268 e. The first-order chi connectivity index (χ1) is 17.0. The van der Waals surface area contributed by atoms with Crippen molar-refractivity contribution in [1.29, 1.82) is 0 Å². The number of carbonyl (C=O) groups excluding carboxylic acids is 1. The zero-order chi connectivity index (χ0) is 24.1. The largest absolute Gasteiger partial charge is 0.293 e. The Kier molecular flexibility index (Phi) is 5.86. The van der Waals surface area contributed by atoms with Crippen LogP contribution in [0, 0.1) is 6.92 Å². The lowest BCUT2D eigenvalue weighted by molar-refractivity contribution is 0.102. The second kappa shape index (κ2) is 9.04. The van der Waals surface area contributed by atoms with Gasteiger partial charge in [-0.1, -0.05) is 57.5 Å². The van der Waals surface area contributed by atoms with Gasteiger partial charge in [-0.15, -0.1) is 21.5 Å². The number of thiophene rings is 1. The Bertz CT molecular complexity index is 1650. The van der Waals surface area contributed by atoms with E-state index in [4.69, 9.17) is 0 Å². The van der Waals surface area contributed by atoms with Gasteiger partial charge in [0.1, 0.15) is 4.83 Å². The third-order valence-electron chi connectivity index (χ3n) is 6.38. The Morgan fingerprint density at radius 2 is 1.80 bits per heavy atom. The molecule has 0 saturated heterocycles. The molecular weight excluding hydrogens is 544 g/mol. The number of thioether (sulfide) groups is 1. The number of aryl methyl sites for hydroxylation is 3. The molecule has 0 aliphatic heterocycles. The third-order valence-corrected chi connectivity index (χ3v) is 9.11. The Morgan fingerprint density at radius 1 is 1.06 bits per heavy atom. The van der Waals surface area contributed by atoms with Crippen molar-refractivity contribution in [2.45, 2.75) is 37.8 Å². The Hall–Kier alpha value is -2.75. The van der Waals surface area contributed by atoms with Crippen LogP contribution in [0.1, 0.15) is 39.2 Å². The van der Waals surface area contributed by atoms with E-state index in [0.717, 1.165) is 51.6 Å². The van der Waals surface area contributed by atoms with Crippen LogP contribution in [0.5, 0.6) is 0 Å². The van der Waals surface area contributed by atoms with E-state index >= 15 is 0 Å². The second-order valence-electron chi connectivity index (χ2n) is 8.70. The highest BCUT2D eigenvalue weighted by molar-refractivity contribution is 9.10. The zero-order valence-electron chi connectivity index (χ0n) is 19.0. The van der Waals surface area contributed by atoms with Crippen molar-refractivity contribution < 1.29 is 4.79 Å².